The molecule has 1 aromatic rings. The van der Waals surface area contributed by atoms with Crippen molar-refractivity contribution in [3.05, 3.63) is 28.8 Å². The lowest BCUT2D eigenvalue weighted by molar-refractivity contribution is -0.134. The average Bonchev–Trinajstić information content (AvgIpc) is 3.19. The van der Waals surface area contributed by atoms with Crippen molar-refractivity contribution in [1.29, 1.82) is 5.26 Å². The van der Waals surface area contributed by atoms with Gasteiger partial charge in [0.25, 0.3) is 0 Å². The molecular formula is C17H20N2O3. The first kappa shape index (κ1) is 16.0. The van der Waals surface area contributed by atoms with E-state index in [9.17, 15) is 9.59 Å². The van der Waals surface area contributed by atoms with Crippen LogP contribution in [0, 0.1) is 37.0 Å². The van der Waals surface area contributed by atoms with Crippen molar-refractivity contribution in [3.63, 3.8) is 0 Å². The predicted octanol–water partition coefficient (Wildman–Crippen LogP) is 2.24. The molecule has 1 aliphatic rings. The molecule has 0 heterocycles. The van der Waals surface area contributed by atoms with E-state index in [2.05, 4.69) is 11.4 Å². The van der Waals surface area contributed by atoms with Gasteiger partial charge in [0, 0.05) is 12.5 Å². The first-order valence-corrected chi connectivity index (χ1v) is 7.42. The Balaban J connectivity index is 1.84. The van der Waals surface area contributed by atoms with Crippen LogP contribution in [0.2, 0.25) is 0 Å². The number of benzene rings is 1. The average molecular weight is 300 g/mol. The third kappa shape index (κ3) is 3.85. The highest BCUT2D eigenvalue weighted by Gasteiger charge is 2.38. The maximum absolute atomic E-state index is 11.9. The number of hydrogen-bond donors (Lipinski definition) is 1. The lowest BCUT2D eigenvalue weighted by Gasteiger charge is -2.11. The fourth-order valence-electron chi connectivity index (χ4n) is 2.45. The zero-order chi connectivity index (χ0) is 16.3. The zero-order valence-electron chi connectivity index (χ0n) is 13.1. The Morgan fingerprint density at radius 1 is 1.36 bits per heavy atom. The monoisotopic (exact) mass is 300 g/mol. The summed E-state index contributed by atoms with van der Waals surface area (Å²) in [6, 6.07) is 5.44. The van der Waals surface area contributed by atoms with Crippen molar-refractivity contribution in [2.75, 3.05) is 6.54 Å². The number of esters is 1. The summed E-state index contributed by atoms with van der Waals surface area (Å²) in [4.78, 5) is 23.5. The van der Waals surface area contributed by atoms with Crippen molar-refractivity contribution < 1.29 is 14.3 Å². The van der Waals surface area contributed by atoms with E-state index >= 15 is 0 Å². The van der Waals surface area contributed by atoms with Gasteiger partial charge < -0.3 is 10.1 Å². The fraction of sp³-hybridized carbons (Fsp3) is 0.471. The lowest BCUT2D eigenvalue weighted by atomic mass is 10.1. The molecule has 22 heavy (non-hydrogen) atoms. The molecule has 116 valence electrons. The zero-order valence-corrected chi connectivity index (χ0v) is 13.1. The van der Waals surface area contributed by atoms with Gasteiger partial charge in [-0.1, -0.05) is 6.92 Å². The lowest BCUT2D eigenvalue weighted by Crippen LogP contribution is -2.28. The smallest absolute Gasteiger partial charge is 0.312 e. The summed E-state index contributed by atoms with van der Waals surface area (Å²) in [5.74, 6) is 0.687. The summed E-state index contributed by atoms with van der Waals surface area (Å²) >= 11 is 0. The van der Waals surface area contributed by atoms with Crippen LogP contribution in [0.1, 0.15) is 36.5 Å². The Morgan fingerprint density at radius 3 is 2.45 bits per heavy atom. The van der Waals surface area contributed by atoms with E-state index in [1.54, 1.807) is 26.0 Å². The molecule has 0 radical (unpaired) electrons. The first-order chi connectivity index (χ1) is 10.4. The minimum Gasteiger partial charge on any atom is -0.426 e. The predicted molar refractivity (Wildman–Crippen MR) is 81.2 cm³/mol. The highest BCUT2D eigenvalue weighted by atomic mass is 16.5. The topological polar surface area (TPSA) is 79.2 Å². The molecule has 0 unspecified atom stereocenters. The fourth-order valence-corrected chi connectivity index (χ4v) is 2.45. The standard InChI is InChI=1S/C17H20N2O3/c1-10-8-14(10)17(21)19-5-4-15(20)22-16-11(2)6-13(9-18)7-12(16)3/h6-7,10,14H,4-5,8H2,1-3H3,(H,19,21)/t10-,14-/m0/s1. The number of amides is 1. The Bertz CT molecular complexity index is 623. The van der Waals surface area contributed by atoms with Gasteiger partial charge in [0.2, 0.25) is 5.91 Å². The van der Waals surface area contributed by atoms with Gasteiger partial charge in [0.15, 0.2) is 0 Å². The van der Waals surface area contributed by atoms with Crippen molar-refractivity contribution in [1.82, 2.24) is 5.32 Å². The Morgan fingerprint density at radius 2 is 1.95 bits per heavy atom. The summed E-state index contributed by atoms with van der Waals surface area (Å²) < 4.78 is 5.35. The van der Waals surface area contributed by atoms with Gasteiger partial charge in [0.1, 0.15) is 5.75 Å². The number of nitriles is 1. The van der Waals surface area contributed by atoms with E-state index in [0.717, 1.165) is 17.5 Å². The van der Waals surface area contributed by atoms with Crippen LogP contribution in [0.25, 0.3) is 0 Å². The van der Waals surface area contributed by atoms with Crippen molar-refractivity contribution >= 4 is 11.9 Å². The summed E-state index contributed by atoms with van der Waals surface area (Å²) in [6.07, 6.45) is 1.06. The van der Waals surface area contributed by atoms with E-state index in [1.165, 1.54) is 0 Å². The molecule has 0 aromatic heterocycles. The van der Waals surface area contributed by atoms with Crippen molar-refractivity contribution in [2.45, 2.75) is 33.6 Å². The van der Waals surface area contributed by atoms with Crippen LogP contribution in [0.15, 0.2) is 12.1 Å². The Labute approximate surface area is 130 Å². The number of nitrogens with one attached hydrogen (secondary N) is 1. The molecular weight excluding hydrogens is 280 g/mol. The first-order valence-electron chi connectivity index (χ1n) is 7.42. The number of ether oxygens (including phenoxy) is 1. The summed E-state index contributed by atoms with van der Waals surface area (Å²) in [7, 11) is 0. The number of carbonyl (C=O) groups is 2. The minimum atomic E-state index is -0.389. The third-order valence-electron chi connectivity index (χ3n) is 3.88. The molecule has 5 nitrogen and oxygen atoms in total. The molecule has 0 saturated heterocycles. The van der Waals surface area contributed by atoms with Crippen molar-refractivity contribution in [2.24, 2.45) is 11.8 Å². The minimum absolute atomic E-state index is 0.0195. The summed E-state index contributed by atoms with van der Waals surface area (Å²) in [5, 5.41) is 11.7. The second kappa shape index (κ2) is 6.61. The number of carbonyl (C=O) groups excluding carboxylic acids is 2. The van der Waals surface area contributed by atoms with Gasteiger partial charge in [-0.3, -0.25) is 9.59 Å². The molecule has 2 rings (SSSR count). The quantitative estimate of drug-likeness (QED) is 0.668. The van der Waals surface area contributed by atoms with Crippen LogP contribution in [-0.2, 0) is 9.59 Å². The molecule has 1 N–H and O–H groups in total. The molecule has 0 bridgehead atoms. The van der Waals surface area contributed by atoms with E-state index < -0.39 is 0 Å². The molecule has 1 amide bonds. The van der Waals surface area contributed by atoms with Gasteiger partial charge in [-0.05, 0) is 49.4 Å². The number of hydrogen-bond acceptors (Lipinski definition) is 4. The maximum Gasteiger partial charge on any atom is 0.312 e. The summed E-state index contributed by atoms with van der Waals surface area (Å²) in [5.41, 5.74) is 2.04. The van der Waals surface area contributed by atoms with Gasteiger partial charge in [0.05, 0.1) is 18.1 Å². The number of rotatable bonds is 5. The van der Waals surface area contributed by atoms with Crippen LogP contribution < -0.4 is 10.1 Å². The number of aryl methyl sites for hydroxylation is 2. The third-order valence-corrected chi connectivity index (χ3v) is 3.88. The molecule has 5 heteroatoms. The largest absolute Gasteiger partial charge is 0.426 e. The Hall–Kier alpha value is -2.35. The maximum atomic E-state index is 11.9. The normalized spacial score (nSPS) is 19.2. The van der Waals surface area contributed by atoms with Gasteiger partial charge in [-0.15, -0.1) is 0 Å². The van der Waals surface area contributed by atoms with Crippen LogP contribution >= 0.6 is 0 Å². The van der Waals surface area contributed by atoms with Crippen molar-refractivity contribution in [3.8, 4) is 11.8 Å². The molecule has 0 spiro atoms. The molecule has 1 saturated carbocycles. The molecule has 1 fully saturated rings. The van der Waals surface area contributed by atoms with Crippen LogP contribution in [-0.4, -0.2) is 18.4 Å². The molecule has 1 aliphatic carbocycles. The SMILES string of the molecule is Cc1cc(C#N)cc(C)c1OC(=O)CCNC(=O)[C@H]1C[C@@H]1C. The van der Waals surface area contributed by atoms with Crippen LogP contribution in [0.4, 0.5) is 0 Å². The van der Waals surface area contributed by atoms with Gasteiger partial charge in [-0.25, -0.2) is 0 Å². The molecule has 1 aromatic carbocycles. The second-order valence-electron chi connectivity index (χ2n) is 5.89. The summed E-state index contributed by atoms with van der Waals surface area (Å²) in [6.45, 7) is 5.92. The number of nitrogens with zero attached hydrogens (tertiary/aromatic N) is 1. The van der Waals surface area contributed by atoms with Gasteiger partial charge in [-0.2, -0.15) is 5.26 Å². The highest BCUT2D eigenvalue weighted by Crippen LogP contribution is 2.37. The molecule has 2 atom stereocenters. The highest BCUT2D eigenvalue weighted by molar-refractivity contribution is 5.82. The van der Waals surface area contributed by atoms with E-state index in [1.807, 2.05) is 6.92 Å². The van der Waals surface area contributed by atoms with Crippen LogP contribution in [0.5, 0.6) is 5.75 Å². The van der Waals surface area contributed by atoms with Crippen LogP contribution in [0.3, 0.4) is 0 Å². The van der Waals surface area contributed by atoms with Gasteiger partial charge >= 0.3 is 5.97 Å². The second-order valence-corrected chi connectivity index (χ2v) is 5.89. The van der Waals surface area contributed by atoms with E-state index in [4.69, 9.17) is 10.00 Å². The Kier molecular flexibility index (Phi) is 4.81. The van der Waals surface area contributed by atoms with E-state index in [0.29, 0.717) is 17.2 Å². The molecule has 0 aliphatic heterocycles. The van der Waals surface area contributed by atoms with E-state index in [-0.39, 0.29) is 30.8 Å².